The fourth-order valence-electron chi connectivity index (χ4n) is 4.78. The zero-order valence-electron chi connectivity index (χ0n) is 24.8. The van der Waals surface area contributed by atoms with E-state index in [-0.39, 0.29) is 55.7 Å². The van der Waals surface area contributed by atoms with Crippen molar-refractivity contribution in [2.45, 2.75) is 39.2 Å². The average Bonchev–Trinajstić information content (AvgIpc) is 2.98. The third-order valence-electron chi connectivity index (χ3n) is 6.90. The molecule has 43 heavy (non-hydrogen) atoms. The molecule has 0 aliphatic carbocycles. The molecule has 0 atom stereocenters. The molecule has 1 aliphatic rings. The minimum atomic E-state index is -0.621. The Kier molecular flexibility index (Phi) is 10.6. The van der Waals surface area contributed by atoms with Crippen molar-refractivity contribution in [3.05, 3.63) is 75.5 Å². The first-order chi connectivity index (χ1) is 20.5. The maximum absolute atomic E-state index is 14.8. The number of nitrogens with zero attached hydrogens (tertiary/aromatic N) is 3. The Morgan fingerprint density at radius 3 is 2.42 bits per heavy atom. The smallest absolute Gasteiger partial charge is 0.308 e. The number of hydrogen-bond donors (Lipinski definition) is 2. The largest absolute Gasteiger partial charge is 0.460 e. The zero-order valence-corrected chi connectivity index (χ0v) is 24.8. The lowest BCUT2D eigenvalue weighted by Crippen LogP contribution is -2.52. The van der Waals surface area contributed by atoms with Crippen molar-refractivity contribution in [1.29, 1.82) is 0 Å². The van der Waals surface area contributed by atoms with Crippen LogP contribution in [0.5, 0.6) is 0 Å². The number of nitrogens with one attached hydrogen (secondary N) is 2. The van der Waals surface area contributed by atoms with Gasteiger partial charge in [-0.1, -0.05) is 24.3 Å². The Morgan fingerprint density at radius 2 is 1.70 bits per heavy atom. The predicted molar refractivity (Wildman–Crippen MR) is 158 cm³/mol. The Labute approximate surface area is 249 Å². The fourth-order valence-corrected chi connectivity index (χ4v) is 4.78. The fraction of sp³-hybridized carbons (Fsp3) is 0.452. The van der Waals surface area contributed by atoms with Gasteiger partial charge in [0, 0.05) is 44.5 Å². The molecule has 2 heterocycles. The van der Waals surface area contributed by atoms with E-state index in [1.807, 2.05) is 32.9 Å². The number of carbonyl (C=O) groups is 3. The molecule has 3 aromatic rings. The Morgan fingerprint density at radius 1 is 1.00 bits per heavy atom. The van der Waals surface area contributed by atoms with Crippen LogP contribution in [0, 0.1) is 5.82 Å². The lowest BCUT2D eigenvalue weighted by molar-refractivity contribution is -0.156. The summed E-state index contributed by atoms with van der Waals surface area (Å²) in [7, 11) is 0. The van der Waals surface area contributed by atoms with Gasteiger partial charge in [-0.25, -0.2) is 9.49 Å². The average molecular weight is 596 g/mol. The number of ether oxygens (including phenoxy) is 2. The van der Waals surface area contributed by atoms with Crippen LogP contribution in [0.2, 0.25) is 0 Å². The van der Waals surface area contributed by atoms with Crippen molar-refractivity contribution in [3.63, 3.8) is 0 Å². The minimum Gasteiger partial charge on any atom is -0.460 e. The highest BCUT2D eigenvalue weighted by molar-refractivity contribution is 5.95. The molecule has 1 aromatic heterocycles. The van der Waals surface area contributed by atoms with Crippen molar-refractivity contribution in [1.82, 2.24) is 25.3 Å². The zero-order chi connectivity index (χ0) is 31.0. The molecule has 1 saturated heterocycles. The number of carbonyl (C=O) groups excluding carboxylic acids is 3. The van der Waals surface area contributed by atoms with Gasteiger partial charge in [0.2, 0.25) is 5.91 Å². The summed E-state index contributed by atoms with van der Waals surface area (Å²) >= 11 is 0. The number of fused-ring (bicyclic) bond motifs is 1. The molecule has 12 heteroatoms. The van der Waals surface area contributed by atoms with Gasteiger partial charge in [-0.05, 0) is 44.5 Å². The van der Waals surface area contributed by atoms with E-state index in [0.717, 1.165) is 0 Å². The van der Waals surface area contributed by atoms with Crippen molar-refractivity contribution in [2.24, 2.45) is 0 Å². The lowest BCUT2D eigenvalue weighted by Gasteiger charge is -2.35. The number of aromatic amines is 1. The highest BCUT2D eigenvalue weighted by Crippen LogP contribution is 2.20. The van der Waals surface area contributed by atoms with E-state index in [4.69, 9.17) is 9.47 Å². The standard InChI is InChI=1S/C31H38FN5O6/c1-31(2,3)43-28(39)10-16-42-17-11-33-20-27(38)36-12-14-37(15-13-36)30(41)24-18-21(8-9-25(24)32)19-26-22-6-4-5-7-23(22)29(40)35-34-26/h4-9,18,33H,10-17,19-20H2,1-3H3,(H,35,40). The first kappa shape index (κ1) is 31.8. The Hall–Kier alpha value is -4.16. The molecule has 2 amide bonds. The van der Waals surface area contributed by atoms with E-state index in [1.54, 1.807) is 28.0 Å². The minimum absolute atomic E-state index is 0.0423. The van der Waals surface area contributed by atoms with E-state index in [9.17, 15) is 23.6 Å². The van der Waals surface area contributed by atoms with Crippen LogP contribution in [0.3, 0.4) is 0 Å². The summed E-state index contributed by atoms with van der Waals surface area (Å²) in [5.41, 5.74) is 0.444. The number of piperazine rings is 1. The highest BCUT2D eigenvalue weighted by atomic mass is 19.1. The van der Waals surface area contributed by atoms with Crippen LogP contribution in [-0.4, -0.2) is 95.9 Å². The molecule has 1 aliphatic heterocycles. The maximum atomic E-state index is 14.8. The van der Waals surface area contributed by atoms with Crippen molar-refractivity contribution >= 4 is 28.6 Å². The molecule has 0 unspecified atom stereocenters. The van der Waals surface area contributed by atoms with Gasteiger partial charge < -0.3 is 24.6 Å². The molecule has 4 rings (SSSR count). The molecule has 0 saturated carbocycles. The number of amides is 2. The summed E-state index contributed by atoms with van der Waals surface area (Å²) in [6.45, 7) is 7.82. The number of rotatable bonds is 11. The molecule has 1 fully saturated rings. The van der Waals surface area contributed by atoms with Crippen LogP contribution in [0.1, 0.15) is 48.8 Å². The molecular formula is C31H38FN5O6. The monoisotopic (exact) mass is 595 g/mol. The van der Waals surface area contributed by atoms with E-state index in [0.29, 0.717) is 54.7 Å². The molecular weight excluding hydrogens is 557 g/mol. The van der Waals surface area contributed by atoms with Crippen molar-refractivity contribution in [3.8, 4) is 0 Å². The maximum Gasteiger partial charge on any atom is 0.308 e. The van der Waals surface area contributed by atoms with Gasteiger partial charge in [0.25, 0.3) is 11.5 Å². The second kappa shape index (κ2) is 14.3. The van der Waals surface area contributed by atoms with Crippen LogP contribution >= 0.6 is 0 Å². The van der Waals surface area contributed by atoms with Crippen LogP contribution in [0.25, 0.3) is 10.8 Å². The van der Waals surface area contributed by atoms with Crippen molar-refractivity contribution in [2.75, 3.05) is 52.5 Å². The van der Waals surface area contributed by atoms with Gasteiger partial charge in [-0.2, -0.15) is 5.10 Å². The molecule has 0 radical (unpaired) electrons. The first-order valence-corrected chi connectivity index (χ1v) is 14.3. The van der Waals surface area contributed by atoms with E-state index in [1.165, 1.54) is 12.1 Å². The Bertz CT molecular complexity index is 1510. The predicted octanol–water partition coefficient (Wildman–Crippen LogP) is 2.28. The van der Waals surface area contributed by atoms with Gasteiger partial charge in [-0.3, -0.25) is 19.2 Å². The van der Waals surface area contributed by atoms with E-state index >= 15 is 0 Å². The number of aromatic nitrogens is 2. The van der Waals surface area contributed by atoms with Crippen LogP contribution in [-0.2, 0) is 25.5 Å². The normalized spacial score (nSPS) is 13.8. The molecule has 230 valence electrons. The number of H-pyrrole nitrogens is 1. The van der Waals surface area contributed by atoms with Gasteiger partial charge in [0.05, 0.1) is 42.8 Å². The van der Waals surface area contributed by atoms with Crippen LogP contribution < -0.4 is 10.9 Å². The van der Waals surface area contributed by atoms with Crippen LogP contribution in [0.4, 0.5) is 4.39 Å². The van der Waals surface area contributed by atoms with E-state index < -0.39 is 17.3 Å². The molecule has 0 spiro atoms. The molecule has 2 N–H and O–H groups in total. The third-order valence-corrected chi connectivity index (χ3v) is 6.90. The summed E-state index contributed by atoms with van der Waals surface area (Å²) in [5.74, 6) is -1.48. The third kappa shape index (κ3) is 8.91. The van der Waals surface area contributed by atoms with Crippen molar-refractivity contribution < 1.29 is 28.2 Å². The number of benzene rings is 2. The number of esters is 1. The SMILES string of the molecule is CC(C)(C)OC(=O)CCOCCNCC(=O)N1CCN(C(=O)c2cc(Cc3n[nH]c(=O)c4ccccc34)ccc2F)CC1. The topological polar surface area (TPSA) is 134 Å². The Balaban J connectivity index is 1.22. The van der Waals surface area contributed by atoms with Gasteiger partial charge in [0.1, 0.15) is 11.4 Å². The summed E-state index contributed by atoms with van der Waals surface area (Å²) in [6.07, 6.45) is 0.471. The molecule has 11 nitrogen and oxygen atoms in total. The summed E-state index contributed by atoms with van der Waals surface area (Å²) in [5, 5.41) is 10.9. The van der Waals surface area contributed by atoms with Gasteiger partial charge in [-0.15, -0.1) is 0 Å². The van der Waals surface area contributed by atoms with E-state index in [2.05, 4.69) is 15.5 Å². The second-order valence-electron chi connectivity index (χ2n) is 11.3. The quantitative estimate of drug-likeness (QED) is 0.255. The highest BCUT2D eigenvalue weighted by Gasteiger charge is 2.26. The summed E-state index contributed by atoms with van der Waals surface area (Å²) in [6, 6.07) is 11.5. The van der Waals surface area contributed by atoms with Gasteiger partial charge >= 0.3 is 5.97 Å². The molecule has 0 bridgehead atoms. The first-order valence-electron chi connectivity index (χ1n) is 14.3. The number of hydrogen-bond acceptors (Lipinski definition) is 8. The summed E-state index contributed by atoms with van der Waals surface area (Å²) in [4.78, 5) is 52.8. The summed E-state index contributed by atoms with van der Waals surface area (Å²) < 4.78 is 25.4. The van der Waals surface area contributed by atoms with Crippen LogP contribution in [0.15, 0.2) is 47.3 Å². The second-order valence-corrected chi connectivity index (χ2v) is 11.3. The molecule has 2 aromatic carbocycles. The lowest BCUT2D eigenvalue weighted by atomic mass is 10.0. The van der Waals surface area contributed by atoms with Gasteiger partial charge in [0.15, 0.2) is 0 Å². The number of halogens is 1.